The second-order valence-electron chi connectivity index (χ2n) is 12.5. The zero-order valence-electron chi connectivity index (χ0n) is 59.4. The molecule has 264 valence electrons. The lowest BCUT2D eigenvalue weighted by Crippen LogP contribution is -1.91. The van der Waals surface area contributed by atoms with E-state index < -0.39 is 298 Å². The van der Waals surface area contributed by atoms with E-state index in [0.717, 1.165) is 6.26 Å². The molecule has 57 heavy (non-hydrogen) atoms. The van der Waals surface area contributed by atoms with Crippen LogP contribution in [-0.4, -0.2) is 9.97 Å². The van der Waals surface area contributed by atoms with Crippen LogP contribution in [0.5, 0.6) is 0 Å². The molecular formula is C54H32N2O. The second kappa shape index (κ2) is 12.5. The predicted molar refractivity (Wildman–Crippen MR) is 238 cm³/mol. The summed E-state index contributed by atoms with van der Waals surface area (Å²) in [6, 6.07) is -27.0. The van der Waals surface area contributed by atoms with Gasteiger partial charge in [-0.05, 0) is 83.5 Å². The number of benzene rings is 9. The number of aromatic nitrogens is 2. The van der Waals surface area contributed by atoms with Crippen LogP contribution in [0.4, 0.5) is 0 Å². The molecule has 3 heteroatoms. The van der Waals surface area contributed by atoms with Crippen molar-refractivity contribution in [1.29, 1.82) is 0 Å². The lowest BCUT2D eigenvalue weighted by Gasteiger charge is -2.14. The van der Waals surface area contributed by atoms with Gasteiger partial charge in [-0.1, -0.05) is 163 Å². The van der Waals surface area contributed by atoms with Crippen molar-refractivity contribution in [1.82, 2.24) is 9.97 Å². The van der Waals surface area contributed by atoms with Crippen LogP contribution in [-0.2, 0) is 0 Å². The van der Waals surface area contributed by atoms with Gasteiger partial charge < -0.3 is 4.42 Å². The van der Waals surface area contributed by atoms with Crippen LogP contribution in [0.2, 0.25) is 0 Å². The van der Waals surface area contributed by atoms with Crippen LogP contribution < -0.4 is 0 Å². The average Bonchev–Trinajstić information content (AvgIpc) is 0.853. The van der Waals surface area contributed by atoms with Crippen LogP contribution in [0.15, 0.2) is 198 Å². The van der Waals surface area contributed by atoms with Crippen LogP contribution in [0.25, 0.3) is 121 Å². The molecule has 12 aromatic rings. The first-order valence-corrected chi connectivity index (χ1v) is 16.9. The molecule has 3 nitrogen and oxygen atoms in total. The van der Waals surface area contributed by atoms with Gasteiger partial charge in [-0.25, -0.2) is 4.98 Å². The number of fused-ring (bicyclic) bond motifs is 4. The summed E-state index contributed by atoms with van der Waals surface area (Å²) in [5.74, 6) is -0.754. The standard InChI is InChI=1S/C54H32N2O/c1-2-8-35(9-3-1)51-47(32-57-54(51)46-27-24-38-20-19-36-10-6-11-37-23-26-45(46)50(38)49(36)37)34-17-15-33(16-18-34)41-28-29-44(43-14-5-4-13-42(41)43)48-30-25-40-22-21-39-12-7-31-55-52(39)53(40)56-48/h1-32H/i1D,2D,3D,4D,5D,6D,7D,8D,9D,10D,11D,12D,13D,14D,15D,16D,17D,18D,19D,20D,21D,22D,23D,24D,25D,26D,27D,28D,29D,30D,31D. The van der Waals surface area contributed by atoms with Gasteiger partial charge in [0.1, 0.15) is 5.76 Å². The summed E-state index contributed by atoms with van der Waals surface area (Å²) in [6.07, 6.45) is -0.0335. The largest absolute Gasteiger partial charge is 0.463 e. The highest BCUT2D eigenvalue weighted by atomic mass is 16.3. The molecule has 3 aromatic heterocycles. The van der Waals surface area contributed by atoms with Crippen molar-refractivity contribution in [2.75, 3.05) is 0 Å². The highest BCUT2D eigenvalue weighted by Gasteiger charge is 2.22. The lowest BCUT2D eigenvalue weighted by molar-refractivity contribution is 0.584. The van der Waals surface area contributed by atoms with Gasteiger partial charge in [0.2, 0.25) is 0 Å². The summed E-state index contributed by atoms with van der Waals surface area (Å²) >= 11 is 0. The van der Waals surface area contributed by atoms with E-state index in [9.17, 15) is 20.6 Å². The van der Waals surface area contributed by atoms with Gasteiger partial charge in [0.15, 0.2) is 0 Å². The third-order valence-corrected chi connectivity index (χ3v) is 9.41. The molecule has 12 rings (SSSR count). The predicted octanol–water partition coefficient (Wildman–Crippen LogP) is 14.8. The molecule has 0 atom stereocenters. The molecule has 0 spiro atoms. The van der Waals surface area contributed by atoms with E-state index in [4.69, 9.17) is 26.3 Å². The van der Waals surface area contributed by atoms with Gasteiger partial charge >= 0.3 is 0 Å². The molecule has 0 aliphatic rings. The molecule has 0 saturated heterocycles. The highest BCUT2D eigenvalue weighted by molar-refractivity contribution is 6.25. The van der Waals surface area contributed by atoms with Crippen molar-refractivity contribution in [3.63, 3.8) is 0 Å². The number of rotatable bonds is 5. The average molecular weight is 756 g/mol. The molecule has 0 saturated carbocycles. The van der Waals surface area contributed by atoms with Gasteiger partial charge in [0.05, 0.1) is 65.5 Å². The normalized spacial score (nSPS) is 19.5. The Kier molecular flexibility index (Phi) is 3.02. The number of hydrogen-bond donors (Lipinski definition) is 0. The van der Waals surface area contributed by atoms with Crippen LogP contribution in [0.1, 0.15) is 42.5 Å². The summed E-state index contributed by atoms with van der Waals surface area (Å²) in [6.45, 7) is 0. The summed E-state index contributed by atoms with van der Waals surface area (Å²) in [4.78, 5) is 8.47. The molecule has 0 amide bonds. The Bertz CT molecular complexity index is 5270. The number of nitrogens with zero attached hydrogens (tertiary/aromatic N) is 2. The van der Waals surface area contributed by atoms with Gasteiger partial charge in [-0.3, -0.25) is 4.98 Å². The monoisotopic (exact) mass is 755 g/mol. The Balaban J connectivity index is 1.20. The van der Waals surface area contributed by atoms with Crippen molar-refractivity contribution in [3.05, 3.63) is 194 Å². The van der Waals surface area contributed by atoms with Crippen molar-refractivity contribution < 1.29 is 46.9 Å². The molecule has 9 aromatic carbocycles. The minimum Gasteiger partial charge on any atom is -0.463 e. The zero-order chi connectivity index (χ0) is 64.4. The second-order valence-corrected chi connectivity index (χ2v) is 12.5. The van der Waals surface area contributed by atoms with Crippen LogP contribution in [0, 0.1) is 0 Å². The Labute approximate surface area is 372 Å². The molecular weight excluding hydrogens is 693 g/mol. The highest BCUT2D eigenvalue weighted by Crippen LogP contribution is 2.47. The number of hydrogen-bond acceptors (Lipinski definition) is 3. The van der Waals surface area contributed by atoms with E-state index in [2.05, 4.69) is 9.97 Å². The van der Waals surface area contributed by atoms with E-state index in [1.807, 2.05) is 0 Å². The molecule has 0 radical (unpaired) electrons. The Hall–Kier alpha value is -7.62. The molecule has 0 aliphatic heterocycles. The van der Waals surface area contributed by atoms with Crippen molar-refractivity contribution >= 4 is 64.9 Å². The molecule has 0 fully saturated rings. The summed E-state index contributed by atoms with van der Waals surface area (Å²) < 4.78 is 287. The Morgan fingerprint density at radius 3 is 1.79 bits per heavy atom. The van der Waals surface area contributed by atoms with Gasteiger partial charge in [-0.15, -0.1) is 0 Å². The van der Waals surface area contributed by atoms with E-state index >= 15 is 0 Å². The van der Waals surface area contributed by atoms with Gasteiger partial charge in [0.25, 0.3) is 0 Å². The minimum absolute atomic E-state index is 0.295. The third-order valence-electron chi connectivity index (χ3n) is 9.41. The number of pyridine rings is 2. The molecule has 0 bridgehead atoms. The van der Waals surface area contributed by atoms with Crippen molar-refractivity contribution in [2.24, 2.45) is 0 Å². The fraction of sp³-hybridized carbons (Fsp3) is 0. The maximum Gasteiger partial charge on any atom is 0.142 e. The summed E-state index contributed by atoms with van der Waals surface area (Å²) in [5, 5.41) is -4.89. The first-order chi connectivity index (χ1) is 41.2. The van der Waals surface area contributed by atoms with Crippen LogP contribution in [0.3, 0.4) is 0 Å². The lowest BCUT2D eigenvalue weighted by atomic mass is 9.88. The maximum atomic E-state index is 9.69. The van der Waals surface area contributed by atoms with Gasteiger partial charge in [0, 0.05) is 39.2 Å². The third kappa shape index (κ3) is 4.92. The van der Waals surface area contributed by atoms with Gasteiger partial charge in [-0.2, -0.15) is 0 Å². The van der Waals surface area contributed by atoms with Crippen molar-refractivity contribution in [3.8, 4) is 56.0 Å². The molecule has 0 aliphatic carbocycles. The molecule has 0 unspecified atom stereocenters. The SMILES string of the molecule is [2H]c1nc2c(c([2H])c1[2H])c([2H])c([2H])c1c([2H])c([2H])c(-c3c([2H])c([2H])c(-c4c([2H])c([2H])c(-c5coc(-c6c([2H])c([2H])c7c([2H])c([2H])c8c([2H])c([2H])c([2H])c9c([2H])c([2H])c6c7c89)c5-c5c([2H])c([2H])c([2H])c([2H])c5[2H])c([2H])c4[2H])c4c([2H])c([2H])c([2H])c([2H])c34)nc12. The number of furan rings is 1. The van der Waals surface area contributed by atoms with E-state index in [0.29, 0.717) is 0 Å². The first kappa shape index (κ1) is 13.8. The molecule has 0 N–H and O–H groups in total. The maximum absolute atomic E-state index is 9.69. The van der Waals surface area contributed by atoms with Crippen molar-refractivity contribution in [2.45, 2.75) is 0 Å². The quantitative estimate of drug-likeness (QED) is 0.164. The van der Waals surface area contributed by atoms with E-state index in [1.54, 1.807) is 0 Å². The Morgan fingerprint density at radius 2 is 0.982 bits per heavy atom. The fourth-order valence-electron chi connectivity index (χ4n) is 6.89. The smallest absolute Gasteiger partial charge is 0.142 e. The topological polar surface area (TPSA) is 38.9 Å². The first-order valence-electron chi connectivity index (χ1n) is 32.4. The fourth-order valence-corrected chi connectivity index (χ4v) is 6.89. The zero-order valence-corrected chi connectivity index (χ0v) is 28.4. The summed E-state index contributed by atoms with van der Waals surface area (Å²) in [7, 11) is 0. The minimum atomic E-state index is -1.11. The van der Waals surface area contributed by atoms with Crippen LogP contribution >= 0.6 is 0 Å². The summed E-state index contributed by atoms with van der Waals surface area (Å²) in [5.41, 5.74) is -7.72. The Morgan fingerprint density at radius 1 is 0.386 bits per heavy atom. The van der Waals surface area contributed by atoms with E-state index in [1.165, 1.54) is 0 Å². The molecule has 3 heterocycles. The van der Waals surface area contributed by atoms with E-state index in [-0.39, 0.29) is 10.8 Å².